The second kappa shape index (κ2) is 8.41. The minimum Gasteiger partial charge on any atom is -0.379 e. The fraction of sp³-hybridized carbons (Fsp3) is 0.741. The Labute approximate surface area is 193 Å². The van der Waals surface area contributed by atoms with Crippen molar-refractivity contribution in [3.63, 3.8) is 0 Å². The third-order valence-corrected chi connectivity index (χ3v) is 9.11. The first kappa shape index (κ1) is 22.4. The molecule has 5 heteroatoms. The van der Waals surface area contributed by atoms with E-state index < -0.39 is 0 Å². The molecule has 2 saturated heterocycles. The van der Waals surface area contributed by atoms with E-state index >= 15 is 0 Å². The van der Waals surface area contributed by atoms with Gasteiger partial charge in [-0.05, 0) is 53.1 Å². The van der Waals surface area contributed by atoms with Crippen molar-refractivity contribution in [3.8, 4) is 0 Å². The monoisotopic (exact) mass is 440 g/mol. The number of fused-ring (bicyclic) bond motifs is 1. The molecule has 0 aromatic heterocycles. The highest BCUT2D eigenvalue weighted by molar-refractivity contribution is 5.78. The van der Waals surface area contributed by atoms with Gasteiger partial charge in [0, 0.05) is 38.2 Å². The first-order chi connectivity index (χ1) is 15.3. The predicted octanol–water partition coefficient (Wildman–Crippen LogP) is 4.17. The number of carbonyl (C=O) groups is 1. The Morgan fingerprint density at radius 3 is 2.75 bits per heavy atom. The molecule has 1 N–H and O–H groups in total. The molecule has 2 aliphatic heterocycles. The third kappa shape index (κ3) is 3.70. The zero-order chi connectivity index (χ0) is 22.5. The van der Waals surface area contributed by atoms with E-state index in [1.165, 1.54) is 24.0 Å². The van der Waals surface area contributed by atoms with Crippen LogP contribution >= 0.6 is 0 Å². The highest BCUT2D eigenvalue weighted by atomic mass is 16.5. The fourth-order valence-electron chi connectivity index (χ4n) is 7.31. The number of rotatable bonds is 5. The summed E-state index contributed by atoms with van der Waals surface area (Å²) in [7, 11) is 0. The summed E-state index contributed by atoms with van der Waals surface area (Å²) in [6.45, 7) is 14.2. The van der Waals surface area contributed by atoms with Gasteiger partial charge >= 0.3 is 0 Å². The Balaban J connectivity index is 1.40. The summed E-state index contributed by atoms with van der Waals surface area (Å²) in [5.74, 6) is 1.34. The van der Waals surface area contributed by atoms with Gasteiger partial charge in [0.05, 0.1) is 19.3 Å². The molecule has 1 aromatic carbocycles. The van der Waals surface area contributed by atoms with E-state index in [1.807, 2.05) is 13.8 Å². The van der Waals surface area contributed by atoms with Crippen LogP contribution in [0.5, 0.6) is 0 Å². The maximum absolute atomic E-state index is 12.8. The molecule has 2 aliphatic carbocycles. The topological polar surface area (TPSA) is 50.8 Å². The summed E-state index contributed by atoms with van der Waals surface area (Å²) in [5, 5.41) is 3.51. The lowest BCUT2D eigenvalue weighted by Crippen LogP contribution is -2.59. The van der Waals surface area contributed by atoms with Crippen LogP contribution in [-0.4, -0.2) is 49.8 Å². The molecule has 1 spiro atoms. The van der Waals surface area contributed by atoms with Crippen LogP contribution in [0, 0.1) is 28.6 Å². The number of nitrogens with one attached hydrogen (secondary N) is 1. The van der Waals surface area contributed by atoms with E-state index in [-0.39, 0.29) is 34.8 Å². The number of benzene rings is 1. The molecule has 32 heavy (non-hydrogen) atoms. The number of morpholine rings is 1. The molecule has 2 heterocycles. The highest BCUT2D eigenvalue weighted by Gasteiger charge is 2.68. The number of carbonyl (C=O) groups excluding carboxylic acids is 1. The average Bonchev–Trinajstić information content (AvgIpc) is 3.27. The summed E-state index contributed by atoms with van der Waals surface area (Å²) in [5.41, 5.74) is 2.98. The molecule has 0 radical (unpaired) electrons. The van der Waals surface area contributed by atoms with Crippen LogP contribution in [-0.2, 0) is 20.8 Å². The molecule has 5 nitrogen and oxygen atoms in total. The molecule has 4 fully saturated rings. The number of hydrogen-bond acceptors (Lipinski definition) is 4. The molecule has 1 amide bonds. The SMILES string of the molecule is CC(C)C(=O)N[C@H]1C(C)(C)[C@@H]2C[C@@H]3[C@@H](c4cccc(CN5CCOCC5)c4)OCC[C@@]31C2. The van der Waals surface area contributed by atoms with Gasteiger partial charge in [0.15, 0.2) is 0 Å². The van der Waals surface area contributed by atoms with Gasteiger partial charge in [-0.15, -0.1) is 0 Å². The summed E-state index contributed by atoms with van der Waals surface area (Å²) in [4.78, 5) is 15.2. The van der Waals surface area contributed by atoms with Crippen molar-refractivity contribution in [2.24, 2.45) is 28.6 Å². The first-order valence-corrected chi connectivity index (χ1v) is 12.6. The maximum atomic E-state index is 12.8. The summed E-state index contributed by atoms with van der Waals surface area (Å²) >= 11 is 0. The minimum absolute atomic E-state index is 0.0206. The molecule has 2 bridgehead atoms. The smallest absolute Gasteiger partial charge is 0.222 e. The summed E-state index contributed by atoms with van der Waals surface area (Å²) in [6, 6.07) is 9.30. The quantitative estimate of drug-likeness (QED) is 0.747. The van der Waals surface area contributed by atoms with Gasteiger partial charge in [-0.25, -0.2) is 0 Å². The van der Waals surface area contributed by atoms with E-state index in [9.17, 15) is 4.79 Å². The van der Waals surface area contributed by atoms with Crippen LogP contribution in [0.1, 0.15) is 64.2 Å². The van der Waals surface area contributed by atoms with Crippen molar-refractivity contribution in [1.82, 2.24) is 10.2 Å². The number of nitrogens with zero attached hydrogens (tertiary/aromatic N) is 1. The summed E-state index contributed by atoms with van der Waals surface area (Å²) in [6.07, 6.45) is 3.62. The van der Waals surface area contributed by atoms with Crippen molar-refractivity contribution in [2.45, 2.75) is 65.6 Å². The number of amides is 1. The van der Waals surface area contributed by atoms with Crippen molar-refractivity contribution in [1.29, 1.82) is 0 Å². The van der Waals surface area contributed by atoms with Crippen LogP contribution in [0.25, 0.3) is 0 Å². The molecule has 5 rings (SSSR count). The molecule has 4 aliphatic rings. The second-order valence-electron chi connectivity index (χ2n) is 11.6. The lowest BCUT2D eigenvalue weighted by Gasteiger charge is -2.53. The van der Waals surface area contributed by atoms with Crippen molar-refractivity contribution in [2.75, 3.05) is 32.9 Å². The van der Waals surface area contributed by atoms with Crippen LogP contribution in [0.3, 0.4) is 0 Å². The van der Waals surface area contributed by atoms with E-state index in [0.29, 0.717) is 11.8 Å². The molecular formula is C27H40N2O3. The lowest BCUT2D eigenvalue weighted by molar-refractivity contribution is -0.139. The minimum atomic E-state index is 0.0206. The van der Waals surface area contributed by atoms with Gasteiger partial charge in [0.25, 0.3) is 0 Å². The van der Waals surface area contributed by atoms with Crippen molar-refractivity contribution < 1.29 is 14.3 Å². The van der Waals surface area contributed by atoms with Crippen LogP contribution in [0.15, 0.2) is 24.3 Å². The van der Waals surface area contributed by atoms with Crippen molar-refractivity contribution >= 4 is 5.91 Å². The fourth-order valence-corrected chi connectivity index (χ4v) is 7.31. The lowest BCUT2D eigenvalue weighted by atomic mass is 9.58. The number of hydrogen-bond donors (Lipinski definition) is 1. The molecule has 5 atom stereocenters. The largest absolute Gasteiger partial charge is 0.379 e. The number of ether oxygens (including phenoxy) is 2. The van der Waals surface area contributed by atoms with E-state index in [0.717, 1.165) is 45.9 Å². The second-order valence-corrected chi connectivity index (χ2v) is 11.6. The molecule has 0 unspecified atom stereocenters. The molecule has 176 valence electrons. The zero-order valence-corrected chi connectivity index (χ0v) is 20.2. The third-order valence-electron chi connectivity index (χ3n) is 9.11. The van der Waals surface area contributed by atoms with Gasteiger partial charge in [-0.2, -0.15) is 0 Å². The molecule has 2 saturated carbocycles. The zero-order valence-electron chi connectivity index (χ0n) is 20.2. The average molecular weight is 441 g/mol. The Hall–Kier alpha value is -1.43. The molecular weight excluding hydrogens is 400 g/mol. The Morgan fingerprint density at radius 1 is 1.22 bits per heavy atom. The van der Waals surface area contributed by atoms with Gasteiger partial charge < -0.3 is 14.8 Å². The van der Waals surface area contributed by atoms with Crippen LogP contribution in [0.2, 0.25) is 0 Å². The van der Waals surface area contributed by atoms with Gasteiger partial charge in [0.2, 0.25) is 5.91 Å². The molecule has 1 aromatic rings. The first-order valence-electron chi connectivity index (χ1n) is 12.6. The maximum Gasteiger partial charge on any atom is 0.222 e. The Morgan fingerprint density at radius 2 is 2.00 bits per heavy atom. The van der Waals surface area contributed by atoms with Gasteiger partial charge in [-0.3, -0.25) is 9.69 Å². The van der Waals surface area contributed by atoms with E-state index in [2.05, 4.69) is 48.3 Å². The van der Waals surface area contributed by atoms with Crippen LogP contribution in [0.4, 0.5) is 0 Å². The predicted molar refractivity (Wildman–Crippen MR) is 125 cm³/mol. The van der Waals surface area contributed by atoms with E-state index in [4.69, 9.17) is 9.47 Å². The highest BCUT2D eigenvalue weighted by Crippen LogP contribution is 2.70. The van der Waals surface area contributed by atoms with E-state index in [1.54, 1.807) is 0 Å². The van der Waals surface area contributed by atoms with Gasteiger partial charge in [0.1, 0.15) is 0 Å². The summed E-state index contributed by atoms with van der Waals surface area (Å²) < 4.78 is 12.0. The Bertz CT molecular complexity index is 847. The van der Waals surface area contributed by atoms with Crippen molar-refractivity contribution in [3.05, 3.63) is 35.4 Å². The van der Waals surface area contributed by atoms with Gasteiger partial charge in [-0.1, -0.05) is 52.0 Å². The normalized spacial score (nSPS) is 36.3. The Kier molecular flexibility index (Phi) is 5.88. The van der Waals surface area contributed by atoms with Crippen LogP contribution < -0.4 is 5.32 Å². The standard InChI is InChI=1S/C27H40N2O3/c1-18(2)24(30)28-25-26(3,4)21-15-22-23(32-11-8-27(22,25)16-21)20-7-5-6-19(14-20)17-29-9-12-31-13-10-29/h5-7,14,18,21-23,25H,8-13,15-17H2,1-4H3,(H,28,30)/t21-,22-,23-,25+,27-/m1/s1.